The highest BCUT2D eigenvalue weighted by atomic mass is 35.5. The van der Waals surface area contributed by atoms with Gasteiger partial charge in [-0.3, -0.25) is 14.4 Å². The van der Waals surface area contributed by atoms with Crippen molar-refractivity contribution in [3.8, 4) is 0 Å². The summed E-state index contributed by atoms with van der Waals surface area (Å²) in [6.45, 7) is 5.93. The highest BCUT2D eigenvalue weighted by Crippen LogP contribution is 2.24. The van der Waals surface area contributed by atoms with Gasteiger partial charge in [0.05, 0.1) is 28.8 Å². The number of carbonyl (C=O) groups is 1. The molecule has 7 nitrogen and oxygen atoms in total. The molecule has 2 aromatic carbocycles. The van der Waals surface area contributed by atoms with E-state index in [1.165, 1.54) is 18.2 Å². The molecule has 0 aromatic heterocycles. The predicted molar refractivity (Wildman–Crippen MR) is 123 cm³/mol. The minimum absolute atomic E-state index is 0.0126. The number of anilines is 1. The zero-order chi connectivity index (χ0) is 22.3. The summed E-state index contributed by atoms with van der Waals surface area (Å²) >= 11 is 6.02. The highest BCUT2D eigenvalue weighted by Gasteiger charge is 2.16. The van der Waals surface area contributed by atoms with Gasteiger partial charge >= 0.3 is 0 Å². The standard InChI is InChI=1S/C22H26ClN3O4S/c1-17(16-26-12-14-30-15-13-26)24-22(27)11-8-18-6-9-19(10-7-18)31(28,29)25-21-5-3-2-4-20(21)23/h2-11,17,25H,12-16H2,1H3,(H,24,27)/b11-8+. The maximum Gasteiger partial charge on any atom is 0.261 e. The molecule has 31 heavy (non-hydrogen) atoms. The first-order chi connectivity index (χ1) is 14.8. The summed E-state index contributed by atoms with van der Waals surface area (Å²) in [5.41, 5.74) is 1.03. The van der Waals surface area contributed by atoms with Gasteiger partial charge in [0.15, 0.2) is 0 Å². The molecule has 0 saturated carbocycles. The van der Waals surface area contributed by atoms with E-state index in [2.05, 4.69) is 14.9 Å². The van der Waals surface area contributed by atoms with Crippen molar-refractivity contribution in [2.75, 3.05) is 37.6 Å². The molecule has 9 heteroatoms. The Morgan fingerprint density at radius 2 is 1.84 bits per heavy atom. The summed E-state index contributed by atoms with van der Waals surface area (Å²) < 4.78 is 32.9. The van der Waals surface area contributed by atoms with Crippen molar-refractivity contribution in [1.29, 1.82) is 0 Å². The molecule has 2 aromatic rings. The number of morpholine rings is 1. The summed E-state index contributed by atoms with van der Waals surface area (Å²) in [7, 11) is -3.77. The van der Waals surface area contributed by atoms with Crippen molar-refractivity contribution in [3.63, 3.8) is 0 Å². The molecule has 166 valence electrons. The SMILES string of the molecule is CC(CN1CCOCC1)NC(=O)/C=C/c1ccc(S(=O)(=O)Nc2ccccc2Cl)cc1. The number of nitrogens with one attached hydrogen (secondary N) is 2. The molecule has 0 spiro atoms. The number of sulfonamides is 1. The molecule has 0 radical (unpaired) electrons. The summed E-state index contributed by atoms with van der Waals surface area (Å²) in [4.78, 5) is 14.5. The van der Waals surface area contributed by atoms with Crippen molar-refractivity contribution < 1.29 is 17.9 Å². The zero-order valence-electron chi connectivity index (χ0n) is 17.3. The third-order valence-corrected chi connectivity index (χ3v) is 6.47. The van der Waals surface area contributed by atoms with Gasteiger partial charge < -0.3 is 10.1 Å². The third kappa shape index (κ3) is 7.07. The van der Waals surface area contributed by atoms with Gasteiger partial charge in [0.1, 0.15) is 0 Å². The van der Waals surface area contributed by atoms with Crippen LogP contribution in [0.15, 0.2) is 59.5 Å². The van der Waals surface area contributed by atoms with Crippen LogP contribution in [-0.2, 0) is 19.6 Å². The van der Waals surface area contributed by atoms with Crippen molar-refractivity contribution in [2.24, 2.45) is 0 Å². The van der Waals surface area contributed by atoms with Gasteiger partial charge in [-0.2, -0.15) is 0 Å². The smallest absolute Gasteiger partial charge is 0.261 e. The second kappa shape index (κ2) is 10.8. The number of ether oxygens (including phenoxy) is 1. The van der Waals surface area contributed by atoms with Crippen LogP contribution < -0.4 is 10.0 Å². The van der Waals surface area contributed by atoms with Gasteiger partial charge in [0.2, 0.25) is 5.91 Å². The molecule has 0 bridgehead atoms. The lowest BCUT2D eigenvalue weighted by atomic mass is 10.2. The van der Waals surface area contributed by atoms with Crippen molar-refractivity contribution >= 4 is 39.3 Å². The van der Waals surface area contributed by atoms with E-state index in [9.17, 15) is 13.2 Å². The van der Waals surface area contributed by atoms with E-state index in [4.69, 9.17) is 16.3 Å². The number of carbonyl (C=O) groups excluding carboxylic acids is 1. The first kappa shape index (κ1) is 23.3. The van der Waals surface area contributed by atoms with Crippen LogP contribution >= 0.6 is 11.6 Å². The number of amides is 1. The number of rotatable bonds is 8. The number of hydrogen-bond donors (Lipinski definition) is 2. The quantitative estimate of drug-likeness (QED) is 0.587. The summed E-state index contributed by atoms with van der Waals surface area (Å²) in [5.74, 6) is -0.196. The van der Waals surface area contributed by atoms with Crippen molar-refractivity contribution in [2.45, 2.75) is 17.9 Å². The van der Waals surface area contributed by atoms with Gasteiger partial charge in [-0.15, -0.1) is 0 Å². The van der Waals surface area contributed by atoms with Crippen molar-refractivity contribution in [1.82, 2.24) is 10.2 Å². The lowest BCUT2D eigenvalue weighted by molar-refractivity contribution is -0.117. The highest BCUT2D eigenvalue weighted by molar-refractivity contribution is 7.92. The molecule has 1 heterocycles. The molecule has 1 unspecified atom stereocenters. The molecule has 2 N–H and O–H groups in total. The molecule has 1 fully saturated rings. The Hall–Kier alpha value is -2.39. The second-order valence-electron chi connectivity index (χ2n) is 7.31. The van der Waals surface area contributed by atoms with Crippen LogP contribution in [0.4, 0.5) is 5.69 Å². The Morgan fingerprint density at radius 1 is 1.16 bits per heavy atom. The van der Waals surface area contributed by atoms with E-state index in [1.807, 2.05) is 6.92 Å². The van der Waals surface area contributed by atoms with E-state index in [1.54, 1.807) is 42.5 Å². The normalized spacial score (nSPS) is 16.2. The first-order valence-electron chi connectivity index (χ1n) is 9.99. The Balaban J connectivity index is 1.55. The lowest BCUT2D eigenvalue weighted by Crippen LogP contribution is -2.45. The summed E-state index contributed by atoms with van der Waals surface area (Å²) in [6, 6.07) is 12.9. The fraction of sp³-hybridized carbons (Fsp3) is 0.318. The molecule has 0 aliphatic carbocycles. The Bertz CT molecular complexity index is 1020. The van der Waals surface area contributed by atoms with E-state index < -0.39 is 10.0 Å². The van der Waals surface area contributed by atoms with Crippen LogP contribution in [0.3, 0.4) is 0 Å². The van der Waals surface area contributed by atoms with Gasteiger partial charge in [-0.05, 0) is 42.8 Å². The maximum atomic E-state index is 12.6. The monoisotopic (exact) mass is 463 g/mol. The Labute approximate surface area is 188 Å². The predicted octanol–water partition coefficient (Wildman–Crippen LogP) is 2.99. The second-order valence-corrected chi connectivity index (χ2v) is 9.40. The van der Waals surface area contributed by atoms with E-state index >= 15 is 0 Å². The molecule has 1 atom stereocenters. The van der Waals surface area contributed by atoms with Crippen LogP contribution in [0.1, 0.15) is 12.5 Å². The molecular weight excluding hydrogens is 438 g/mol. The summed E-state index contributed by atoms with van der Waals surface area (Å²) in [6.07, 6.45) is 3.09. The molecule has 1 amide bonds. The molecule has 3 rings (SSSR count). The Kier molecular flexibility index (Phi) is 8.09. The minimum Gasteiger partial charge on any atom is -0.379 e. The fourth-order valence-corrected chi connectivity index (χ4v) is 4.50. The maximum absolute atomic E-state index is 12.6. The number of nitrogens with zero attached hydrogens (tertiary/aromatic N) is 1. The lowest BCUT2D eigenvalue weighted by Gasteiger charge is -2.29. The van der Waals surface area contributed by atoms with Crippen LogP contribution in [-0.4, -0.2) is 58.1 Å². The number of halogens is 1. The molecular formula is C22H26ClN3O4S. The van der Waals surface area contributed by atoms with Gasteiger partial charge in [-0.25, -0.2) is 8.42 Å². The van der Waals surface area contributed by atoms with Crippen LogP contribution in [0, 0.1) is 0 Å². The number of para-hydroxylation sites is 1. The van der Waals surface area contributed by atoms with Crippen LogP contribution in [0.25, 0.3) is 6.08 Å². The van der Waals surface area contributed by atoms with Crippen LogP contribution in [0.2, 0.25) is 5.02 Å². The average Bonchev–Trinajstić information content (AvgIpc) is 2.75. The van der Waals surface area contributed by atoms with E-state index in [-0.39, 0.29) is 16.8 Å². The average molecular weight is 464 g/mol. The minimum atomic E-state index is -3.77. The molecule has 1 saturated heterocycles. The van der Waals surface area contributed by atoms with Gasteiger partial charge in [0.25, 0.3) is 10.0 Å². The molecule has 1 aliphatic heterocycles. The van der Waals surface area contributed by atoms with Gasteiger partial charge in [0, 0.05) is 31.8 Å². The fourth-order valence-electron chi connectivity index (χ4n) is 3.19. The molecule has 1 aliphatic rings. The van der Waals surface area contributed by atoms with Crippen LogP contribution in [0.5, 0.6) is 0 Å². The largest absolute Gasteiger partial charge is 0.379 e. The third-order valence-electron chi connectivity index (χ3n) is 4.76. The van der Waals surface area contributed by atoms with E-state index in [0.717, 1.165) is 32.8 Å². The first-order valence-corrected chi connectivity index (χ1v) is 11.9. The van der Waals surface area contributed by atoms with E-state index in [0.29, 0.717) is 16.3 Å². The number of hydrogen-bond acceptors (Lipinski definition) is 5. The number of benzene rings is 2. The van der Waals surface area contributed by atoms with Crippen molar-refractivity contribution in [3.05, 3.63) is 65.2 Å². The zero-order valence-corrected chi connectivity index (χ0v) is 18.8. The Morgan fingerprint density at radius 3 is 2.52 bits per heavy atom. The van der Waals surface area contributed by atoms with Gasteiger partial charge in [-0.1, -0.05) is 35.9 Å². The summed E-state index contributed by atoms with van der Waals surface area (Å²) in [5, 5.41) is 3.26. The topological polar surface area (TPSA) is 87.7 Å².